The second-order valence-corrected chi connectivity index (χ2v) is 13.5. The van der Waals surface area contributed by atoms with E-state index in [4.69, 9.17) is 4.98 Å². The van der Waals surface area contributed by atoms with E-state index >= 15 is 0 Å². The zero-order chi connectivity index (χ0) is 32.4. The Labute approximate surface area is 274 Å². The maximum absolute atomic E-state index is 13.3. The van der Waals surface area contributed by atoms with Gasteiger partial charge < -0.3 is 14.0 Å². The van der Waals surface area contributed by atoms with Crippen LogP contribution in [-0.4, -0.2) is 40.1 Å². The van der Waals surface area contributed by atoms with Crippen molar-refractivity contribution in [3.8, 4) is 6.07 Å². The van der Waals surface area contributed by atoms with Gasteiger partial charge in [-0.1, -0.05) is 91.0 Å². The Morgan fingerprint density at radius 1 is 0.851 bits per heavy atom. The molecular formula is C37H33N7O2S. The number of fused-ring (bicyclic) bond motifs is 1. The van der Waals surface area contributed by atoms with Crippen LogP contribution in [0, 0.1) is 11.3 Å². The Morgan fingerprint density at radius 3 is 2.02 bits per heavy atom. The molecule has 9 nitrogen and oxygen atoms in total. The van der Waals surface area contributed by atoms with Gasteiger partial charge in [0.1, 0.15) is 5.54 Å². The van der Waals surface area contributed by atoms with E-state index in [1.165, 1.54) is 12.5 Å². The zero-order valence-corrected chi connectivity index (χ0v) is 26.6. The van der Waals surface area contributed by atoms with Crippen molar-refractivity contribution in [3.05, 3.63) is 168 Å². The molecule has 2 aromatic heterocycles. The first kappa shape index (κ1) is 30.2. The molecule has 6 aromatic rings. The van der Waals surface area contributed by atoms with Crippen molar-refractivity contribution in [3.63, 3.8) is 0 Å². The van der Waals surface area contributed by atoms with Crippen LogP contribution in [0.25, 0.3) is 0 Å². The molecule has 0 amide bonds. The molecule has 0 saturated carbocycles. The molecule has 0 radical (unpaired) electrons. The number of aryl methyl sites for hydroxylation is 1. The van der Waals surface area contributed by atoms with Crippen LogP contribution in [0.4, 0.5) is 5.69 Å². The van der Waals surface area contributed by atoms with Gasteiger partial charge in [-0.3, -0.25) is 0 Å². The van der Waals surface area contributed by atoms with Gasteiger partial charge in [-0.25, -0.2) is 23.1 Å². The second-order valence-electron chi connectivity index (χ2n) is 11.8. The van der Waals surface area contributed by atoms with Crippen LogP contribution < -0.4 is 9.62 Å². The Kier molecular flexibility index (Phi) is 7.93. The maximum Gasteiger partial charge on any atom is 0.259 e. The van der Waals surface area contributed by atoms with Gasteiger partial charge in [0, 0.05) is 37.7 Å². The van der Waals surface area contributed by atoms with E-state index in [9.17, 15) is 13.7 Å². The molecule has 234 valence electrons. The van der Waals surface area contributed by atoms with Gasteiger partial charge in [0.15, 0.2) is 5.03 Å². The fourth-order valence-corrected chi connectivity index (χ4v) is 7.88. The van der Waals surface area contributed by atoms with E-state index in [0.29, 0.717) is 25.1 Å². The van der Waals surface area contributed by atoms with E-state index in [1.807, 2.05) is 36.7 Å². The Bertz CT molecular complexity index is 2060. The van der Waals surface area contributed by atoms with Crippen LogP contribution in [0.15, 0.2) is 139 Å². The maximum atomic E-state index is 13.3. The molecule has 47 heavy (non-hydrogen) atoms. The monoisotopic (exact) mass is 639 g/mol. The van der Waals surface area contributed by atoms with Crippen molar-refractivity contribution in [2.75, 3.05) is 11.4 Å². The largest absolute Gasteiger partial charge is 0.364 e. The van der Waals surface area contributed by atoms with Gasteiger partial charge in [0.2, 0.25) is 0 Å². The quantitative estimate of drug-likeness (QED) is 0.217. The average molecular weight is 640 g/mol. The molecule has 0 bridgehead atoms. The van der Waals surface area contributed by atoms with Crippen molar-refractivity contribution >= 4 is 15.7 Å². The molecule has 1 N–H and O–H groups in total. The van der Waals surface area contributed by atoms with Gasteiger partial charge in [0.25, 0.3) is 10.0 Å². The highest BCUT2D eigenvalue weighted by molar-refractivity contribution is 7.89. The van der Waals surface area contributed by atoms with Crippen LogP contribution in [0.2, 0.25) is 0 Å². The predicted octanol–water partition coefficient (Wildman–Crippen LogP) is 5.24. The minimum atomic E-state index is -3.85. The number of rotatable bonds is 9. The van der Waals surface area contributed by atoms with E-state index in [0.717, 1.165) is 33.6 Å². The molecule has 1 aliphatic heterocycles. The van der Waals surface area contributed by atoms with Gasteiger partial charge >= 0.3 is 0 Å². The summed E-state index contributed by atoms with van der Waals surface area (Å²) in [6.07, 6.45) is 7.36. The molecule has 10 heteroatoms. The number of nitrogens with zero attached hydrogens (tertiary/aromatic N) is 6. The second kappa shape index (κ2) is 12.4. The molecule has 1 unspecified atom stereocenters. The van der Waals surface area contributed by atoms with E-state index in [2.05, 4.69) is 104 Å². The lowest BCUT2D eigenvalue weighted by molar-refractivity contribution is 0.512. The van der Waals surface area contributed by atoms with Crippen LogP contribution >= 0.6 is 0 Å². The molecule has 4 aromatic carbocycles. The summed E-state index contributed by atoms with van der Waals surface area (Å²) in [7, 11) is -2.12. The number of hydrogen-bond acceptors (Lipinski definition) is 6. The van der Waals surface area contributed by atoms with Crippen molar-refractivity contribution in [2.45, 2.75) is 29.6 Å². The van der Waals surface area contributed by atoms with Crippen LogP contribution in [0.1, 0.15) is 33.5 Å². The van der Waals surface area contributed by atoms with Crippen molar-refractivity contribution < 1.29 is 8.42 Å². The Morgan fingerprint density at radius 2 is 1.47 bits per heavy atom. The van der Waals surface area contributed by atoms with Crippen LogP contribution in [-0.2, 0) is 35.6 Å². The number of anilines is 1. The lowest BCUT2D eigenvalue weighted by atomic mass is 9.77. The molecule has 0 fully saturated rings. The minimum absolute atomic E-state index is 0.0269. The number of hydrogen-bond donors (Lipinski definition) is 1. The number of imidazole rings is 2. The summed E-state index contributed by atoms with van der Waals surface area (Å²) in [5, 5.41) is 9.58. The van der Waals surface area contributed by atoms with Gasteiger partial charge in [0.05, 0.1) is 36.5 Å². The first-order valence-electron chi connectivity index (χ1n) is 15.3. The van der Waals surface area contributed by atoms with Crippen LogP contribution in [0.5, 0.6) is 0 Å². The average Bonchev–Trinajstić information content (AvgIpc) is 3.76. The first-order valence-corrected chi connectivity index (χ1v) is 16.8. The summed E-state index contributed by atoms with van der Waals surface area (Å²) in [6.45, 7) is 0.848. The lowest BCUT2D eigenvalue weighted by Gasteiger charge is -2.37. The topological polar surface area (TPSA) is 109 Å². The number of benzene rings is 4. The van der Waals surface area contributed by atoms with E-state index in [-0.39, 0.29) is 5.03 Å². The summed E-state index contributed by atoms with van der Waals surface area (Å²) in [5.74, 6) is 0. The number of nitriles is 1. The van der Waals surface area contributed by atoms with Crippen molar-refractivity contribution in [1.82, 2.24) is 23.8 Å². The summed E-state index contributed by atoms with van der Waals surface area (Å²) in [6, 6.07) is 38.6. The van der Waals surface area contributed by atoms with Crippen molar-refractivity contribution in [1.29, 1.82) is 5.26 Å². The fourth-order valence-electron chi connectivity index (χ4n) is 6.67. The highest BCUT2D eigenvalue weighted by Crippen LogP contribution is 2.41. The third-order valence-electron chi connectivity index (χ3n) is 8.69. The van der Waals surface area contributed by atoms with E-state index in [1.54, 1.807) is 17.7 Å². The summed E-state index contributed by atoms with van der Waals surface area (Å²) in [4.78, 5) is 11.1. The molecule has 0 aliphatic carbocycles. The number of sulfonamides is 1. The Balaban J connectivity index is 1.28. The molecule has 0 saturated heterocycles. The third-order valence-corrected chi connectivity index (χ3v) is 10.1. The van der Waals surface area contributed by atoms with Crippen molar-refractivity contribution in [2.24, 2.45) is 7.05 Å². The SMILES string of the molecule is Cn1cnc(S(=O)(=O)NC2Cc3cc(C#N)ccc3N(Cc3cn(C(c4ccccc4)(c4ccccc4)c4ccccc4)cn3)C2)c1. The zero-order valence-electron chi connectivity index (χ0n) is 25.8. The fraction of sp³-hybridized carbons (Fsp3) is 0.162. The highest BCUT2D eigenvalue weighted by atomic mass is 32.2. The van der Waals surface area contributed by atoms with Gasteiger partial charge in [-0.05, 0) is 46.9 Å². The molecule has 1 atom stereocenters. The predicted molar refractivity (Wildman–Crippen MR) is 180 cm³/mol. The first-order chi connectivity index (χ1) is 22.9. The molecule has 0 spiro atoms. The summed E-state index contributed by atoms with van der Waals surface area (Å²) in [5.41, 5.74) is 5.79. The minimum Gasteiger partial charge on any atom is -0.364 e. The molecule has 7 rings (SSSR count). The molecule has 1 aliphatic rings. The number of aromatic nitrogens is 4. The normalized spacial score (nSPS) is 14.8. The Hall–Kier alpha value is -5.50. The number of nitrogens with one attached hydrogen (secondary N) is 1. The smallest absolute Gasteiger partial charge is 0.259 e. The molecule has 3 heterocycles. The van der Waals surface area contributed by atoms with Crippen LogP contribution in [0.3, 0.4) is 0 Å². The molecular weight excluding hydrogens is 607 g/mol. The summed E-state index contributed by atoms with van der Waals surface area (Å²) >= 11 is 0. The van der Waals surface area contributed by atoms with Gasteiger partial charge in [-0.2, -0.15) is 5.26 Å². The lowest BCUT2D eigenvalue weighted by Crippen LogP contribution is -2.48. The van der Waals surface area contributed by atoms with Gasteiger partial charge in [-0.15, -0.1) is 0 Å². The summed E-state index contributed by atoms with van der Waals surface area (Å²) < 4.78 is 33.2. The third kappa shape index (κ3) is 5.71. The van der Waals surface area contributed by atoms with E-state index < -0.39 is 21.6 Å². The highest BCUT2D eigenvalue weighted by Gasteiger charge is 2.38. The standard InChI is InChI=1S/C37H33N7O2S/c1-42-25-36(40-26-42)47(45,46)41-33-20-29-19-28(21-38)17-18-35(29)43(22-33)23-34-24-44(27-39-34)37(30-11-5-2-6-12-30,31-13-7-3-8-14-31)32-15-9-4-10-16-32/h2-19,24-27,33,41H,20,22-23H2,1H3.